The van der Waals surface area contributed by atoms with Crippen LogP contribution in [0.15, 0.2) is 48.5 Å². The number of amides is 1. The first-order valence-corrected chi connectivity index (χ1v) is 7.33. The number of alkyl carbamates (subject to hydrolysis) is 1. The Kier molecular flexibility index (Phi) is 6.22. The monoisotopic (exact) mass is 309 g/mol. The Morgan fingerprint density at radius 3 is 2.70 bits per heavy atom. The molecule has 0 heterocycles. The summed E-state index contributed by atoms with van der Waals surface area (Å²) in [5.74, 6) is 5.84. The van der Waals surface area contributed by atoms with Crippen molar-refractivity contribution in [2.45, 2.75) is 20.1 Å². The summed E-state index contributed by atoms with van der Waals surface area (Å²) in [6.45, 7) is 2.40. The minimum Gasteiger partial charge on any atom is -0.445 e. The Hall–Kier alpha value is -2.77. The predicted molar refractivity (Wildman–Crippen MR) is 88.6 cm³/mol. The summed E-state index contributed by atoms with van der Waals surface area (Å²) in [5, 5.41) is 11.7. The molecule has 0 aliphatic carbocycles. The van der Waals surface area contributed by atoms with Crippen LogP contribution in [0, 0.1) is 18.8 Å². The van der Waals surface area contributed by atoms with E-state index in [0.29, 0.717) is 0 Å². The van der Waals surface area contributed by atoms with Gasteiger partial charge in [-0.2, -0.15) is 0 Å². The third kappa shape index (κ3) is 5.50. The van der Waals surface area contributed by atoms with E-state index in [1.807, 2.05) is 55.5 Å². The Morgan fingerprint density at radius 1 is 1.22 bits per heavy atom. The number of benzene rings is 2. The fraction of sp³-hybridized carbons (Fsp3) is 0.211. The van der Waals surface area contributed by atoms with E-state index in [-0.39, 0.29) is 19.8 Å². The van der Waals surface area contributed by atoms with Gasteiger partial charge in [0, 0.05) is 5.56 Å². The number of carbonyl (C=O) groups excluding carboxylic acids is 1. The van der Waals surface area contributed by atoms with Gasteiger partial charge in [0.15, 0.2) is 0 Å². The summed E-state index contributed by atoms with van der Waals surface area (Å²) in [5.41, 5.74) is 3.67. The van der Waals surface area contributed by atoms with Crippen molar-refractivity contribution in [1.82, 2.24) is 5.32 Å². The summed E-state index contributed by atoms with van der Waals surface area (Å²) < 4.78 is 5.08. The first-order valence-electron chi connectivity index (χ1n) is 7.33. The smallest absolute Gasteiger partial charge is 0.408 e. The Morgan fingerprint density at radius 2 is 2.00 bits per heavy atom. The lowest BCUT2D eigenvalue weighted by Crippen LogP contribution is -2.24. The van der Waals surface area contributed by atoms with Gasteiger partial charge in [0.25, 0.3) is 0 Å². The van der Waals surface area contributed by atoms with Crippen molar-refractivity contribution in [1.29, 1.82) is 0 Å². The zero-order chi connectivity index (χ0) is 16.5. The van der Waals surface area contributed by atoms with Gasteiger partial charge in [-0.3, -0.25) is 0 Å². The SMILES string of the molecule is Cc1cc(C#CCNC(=O)OCc2ccccc2)ccc1CO. The van der Waals surface area contributed by atoms with Crippen LogP contribution in [0.3, 0.4) is 0 Å². The molecule has 4 nitrogen and oxygen atoms in total. The van der Waals surface area contributed by atoms with Crippen molar-refractivity contribution >= 4 is 6.09 Å². The first-order chi connectivity index (χ1) is 11.2. The number of ether oxygens (including phenoxy) is 1. The number of nitrogens with one attached hydrogen (secondary N) is 1. The highest BCUT2D eigenvalue weighted by Crippen LogP contribution is 2.10. The van der Waals surface area contributed by atoms with Gasteiger partial charge in [0.1, 0.15) is 6.61 Å². The molecule has 0 aliphatic heterocycles. The first kappa shape index (κ1) is 16.6. The number of aryl methyl sites for hydroxylation is 1. The molecule has 0 spiro atoms. The Balaban J connectivity index is 1.76. The molecule has 2 N–H and O–H groups in total. The molecule has 0 aromatic heterocycles. The summed E-state index contributed by atoms with van der Waals surface area (Å²) >= 11 is 0. The third-order valence-electron chi connectivity index (χ3n) is 3.28. The second kappa shape index (κ2) is 8.62. The number of rotatable bonds is 4. The van der Waals surface area contributed by atoms with Crippen LogP contribution in [0.25, 0.3) is 0 Å². The predicted octanol–water partition coefficient (Wildman–Crippen LogP) is 2.77. The van der Waals surface area contributed by atoms with Gasteiger partial charge in [-0.25, -0.2) is 4.79 Å². The van der Waals surface area contributed by atoms with Crippen LogP contribution in [-0.4, -0.2) is 17.7 Å². The fourth-order valence-electron chi connectivity index (χ4n) is 1.99. The maximum absolute atomic E-state index is 11.5. The van der Waals surface area contributed by atoms with Gasteiger partial charge in [0.05, 0.1) is 13.2 Å². The number of aliphatic hydroxyl groups is 1. The molecular weight excluding hydrogens is 290 g/mol. The highest BCUT2D eigenvalue weighted by molar-refractivity contribution is 5.67. The molecule has 1 amide bonds. The molecule has 0 bridgehead atoms. The van der Waals surface area contributed by atoms with Crippen LogP contribution in [0.1, 0.15) is 22.3 Å². The minimum atomic E-state index is -0.491. The number of hydrogen-bond donors (Lipinski definition) is 2. The quantitative estimate of drug-likeness (QED) is 0.854. The van der Waals surface area contributed by atoms with E-state index in [1.54, 1.807) is 0 Å². The van der Waals surface area contributed by atoms with Crippen LogP contribution in [0.2, 0.25) is 0 Å². The lowest BCUT2D eigenvalue weighted by molar-refractivity contribution is 0.141. The average molecular weight is 309 g/mol. The normalized spacial score (nSPS) is 9.65. The zero-order valence-electron chi connectivity index (χ0n) is 13.0. The average Bonchev–Trinajstić information content (AvgIpc) is 2.58. The summed E-state index contributed by atoms with van der Waals surface area (Å²) in [6.07, 6.45) is -0.491. The standard InChI is InChI=1S/C19H19NO3/c1-15-12-16(9-10-18(15)13-21)8-5-11-20-19(22)23-14-17-6-3-2-4-7-17/h2-4,6-7,9-10,12,21H,11,13-14H2,1H3,(H,20,22). The van der Waals surface area contributed by atoms with E-state index < -0.39 is 6.09 Å². The second-order valence-corrected chi connectivity index (χ2v) is 5.02. The van der Waals surface area contributed by atoms with Crippen LogP contribution >= 0.6 is 0 Å². The molecule has 118 valence electrons. The molecule has 0 fully saturated rings. The third-order valence-corrected chi connectivity index (χ3v) is 3.28. The lowest BCUT2D eigenvalue weighted by Gasteiger charge is -2.04. The van der Waals surface area contributed by atoms with Gasteiger partial charge in [-0.15, -0.1) is 0 Å². The van der Waals surface area contributed by atoms with Crippen LogP contribution in [-0.2, 0) is 18.0 Å². The van der Waals surface area contributed by atoms with Crippen molar-refractivity contribution in [3.05, 3.63) is 70.8 Å². The maximum Gasteiger partial charge on any atom is 0.408 e. The van der Waals surface area contributed by atoms with E-state index >= 15 is 0 Å². The molecule has 0 aliphatic rings. The van der Waals surface area contributed by atoms with E-state index in [0.717, 1.165) is 22.3 Å². The van der Waals surface area contributed by atoms with E-state index in [1.165, 1.54) is 0 Å². The van der Waals surface area contributed by atoms with E-state index in [9.17, 15) is 4.79 Å². The second-order valence-electron chi connectivity index (χ2n) is 5.02. The molecule has 0 atom stereocenters. The molecule has 0 radical (unpaired) electrons. The largest absolute Gasteiger partial charge is 0.445 e. The van der Waals surface area contributed by atoms with E-state index in [2.05, 4.69) is 17.2 Å². The Labute approximate surface area is 136 Å². The highest BCUT2D eigenvalue weighted by Gasteiger charge is 2.00. The van der Waals surface area contributed by atoms with Gasteiger partial charge >= 0.3 is 6.09 Å². The van der Waals surface area contributed by atoms with Gasteiger partial charge in [-0.1, -0.05) is 48.2 Å². The summed E-state index contributed by atoms with van der Waals surface area (Å²) in [6, 6.07) is 15.1. The lowest BCUT2D eigenvalue weighted by atomic mass is 10.1. The van der Waals surface area contributed by atoms with Crippen molar-refractivity contribution in [3.8, 4) is 11.8 Å². The molecule has 23 heavy (non-hydrogen) atoms. The molecular formula is C19H19NO3. The van der Waals surface area contributed by atoms with E-state index in [4.69, 9.17) is 9.84 Å². The van der Waals surface area contributed by atoms with Crippen molar-refractivity contribution < 1.29 is 14.6 Å². The van der Waals surface area contributed by atoms with Gasteiger partial charge in [-0.05, 0) is 35.7 Å². The zero-order valence-corrected chi connectivity index (χ0v) is 13.0. The minimum absolute atomic E-state index is 0.0222. The molecule has 0 saturated carbocycles. The fourth-order valence-corrected chi connectivity index (χ4v) is 1.99. The molecule has 2 rings (SSSR count). The van der Waals surface area contributed by atoms with Crippen LogP contribution in [0.5, 0.6) is 0 Å². The van der Waals surface area contributed by atoms with Gasteiger partial charge < -0.3 is 15.2 Å². The topological polar surface area (TPSA) is 58.6 Å². The molecule has 2 aromatic rings. The number of carbonyl (C=O) groups is 1. The number of hydrogen-bond acceptors (Lipinski definition) is 3. The van der Waals surface area contributed by atoms with Crippen LogP contribution < -0.4 is 5.32 Å². The molecule has 2 aromatic carbocycles. The van der Waals surface area contributed by atoms with Crippen molar-refractivity contribution in [3.63, 3.8) is 0 Å². The van der Waals surface area contributed by atoms with Crippen molar-refractivity contribution in [2.24, 2.45) is 0 Å². The number of aliphatic hydroxyl groups excluding tert-OH is 1. The maximum atomic E-state index is 11.5. The van der Waals surface area contributed by atoms with Gasteiger partial charge in [0.2, 0.25) is 0 Å². The Bertz CT molecular complexity index is 714. The molecule has 0 unspecified atom stereocenters. The van der Waals surface area contributed by atoms with Crippen molar-refractivity contribution in [2.75, 3.05) is 6.54 Å². The van der Waals surface area contributed by atoms with Crippen LogP contribution in [0.4, 0.5) is 4.79 Å². The molecule has 0 saturated heterocycles. The summed E-state index contributed by atoms with van der Waals surface area (Å²) in [7, 11) is 0. The highest BCUT2D eigenvalue weighted by atomic mass is 16.5. The summed E-state index contributed by atoms with van der Waals surface area (Å²) in [4.78, 5) is 11.5. The molecule has 4 heteroatoms.